The molecule has 0 fully saturated rings. The summed E-state index contributed by atoms with van der Waals surface area (Å²) < 4.78 is 1.17. The predicted molar refractivity (Wildman–Crippen MR) is 120 cm³/mol. The monoisotopic (exact) mass is 465 g/mol. The molecule has 3 aromatic heterocycles. The van der Waals surface area contributed by atoms with Crippen LogP contribution in [0.5, 0.6) is 0 Å². The third-order valence-electron chi connectivity index (χ3n) is 4.60. The number of benzene rings is 1. The molecule has 4 N–H and O–H groups in total. The van der Waals surface area contributed by atoms with E-state index in [2.05, 4.69) is 20.4 Å². The Morgan fingerprint density at radius 2 is 2.03 bits per heavy atom. The number of amides is 2. The van der Waals surface area contributed by atoms with Gasteiger partial charge >= 0.3 is 0 Å². The molecule has 0 atom stereocenters. The van der Waals surface area contributed by atoms with Crippen LogP contribution in [0.2, 0.25) is 0 Å². The fourth-order valence-corrected chi connectivity index (χ4v) is 3.77. The molecule has 13 heteroatoms. The van der Waals surface area contributed by atoms with Crippen LogP contribution in [-0.2, 0) is 0 Å². The van der Waals surface area contributed by atoms with E-state index in [1.165, 1.54) is 35.0 Å². The van der Waals surface area contributed by atoms with E-state index in [0.29, 0.717) is 17.0 Å². The van der Waals surface area contributed by atoms with Crippen molar-refractivity contribution < 1.29 is 14.5 Å². The first-order chi connectivity index (χ1) is 15.7. The quantitative estimate of drug-likeness (QED) is 0.288. The number of thiazole rings is 1. The topological polar surface area (TPSA) is 179 Å². The molecule has 0 unspecified atom stereocenters. The third-order valence-corrected chi connectivity index (χ3v) is 5.36. The van der Waals surface area contributed by atoms with Crippen LogP contribution in [0.15, 0.2) is 52.8 Å². The Balaban J connectivity index is 1.64. The summed E-state index contributed by atoms with van der Waals surface area (Å²) in [7, 11) is 0. The zero-order valence-electron chi connectivity index (χ0n) is 16.9. The second-order valence-electron chi connectivity index (χ2n) is 6.81. The second-order valence-corrected chi connectivity index (χ2v) is 7.67. The number of H-pyrrole nitrogens is 1. The number of carbonyl (C=O) groups excluding carboxylic acids is 2. The predicted octanol–water partition coefficient (Wildman–Crippen LogP) is 2.25. The Morgan fingerprint density at radius 1 is 1.27 bits per heavy atom. The maximum atomic E-state index is 12.8. The van der Waals surface area contributed by atoms with Crippen molar-refractivity contribution in [3.05, 3.63) is 85.4 Å². The summed E-state index contributed by atoms with van der Waals surface area (Å²) in [5, 5.41) is 19.8. The summed E-state index contributed by atoms with van der Waals surface area (Å²) in [6, 6.07) is 8.56. The average Bonchev–Trinajstić information content (AvgIpc) is 3.43. The zero-order valence-corrected chi connectivity index (χ0v) is 17.8. The SMILES string of the molecule is Cc1cc(=O)c(C(=O)Nc2nc(-c3c[nH]c(C(N)=O)c3)cs2)nn1-c1ccccc1[N+](=O)[O-]. The molecule has 0 aliphatic heterocycles. The average molecular weight is 465 g/mol. The summed E-state index contributed by atoms with van der Waals surface area (Å²) in [5.74, 6) is -1.44. The highest BCUT2D eigenvalue weighted by Crippen LogP contribution is 2.26. The van der Waals surface area contributed by atoms with Crippen molar-refractivity contribution in [3.63, 3.8) is 0 Å². The van der Waals surface area contributed by atoms with E-state index >= 15 is 0 Å². The molecule has 1 aromatic carbocycles. The number of para-hydroxylation sites is 2. The van der Waals surface area contributed by atoms with Gasteiger partial charge in [-0.25, -0.2) is 9.67 Å². The number of aromatic amines is 1. The maximum Gasteiger partial charge on any atom is 0.294 e. The van der Waals surface area contributed by atoms with Crippen molar-refractivity contribution in [3.8, 4) is 16.9 Å². The lowest BCUT2D eigenvalue weighted by atomic mass is 10.2. The first-order valence-corrected chi connectivity index (χ1v) is 10.2. The molecule has 0 bridgehead atoms. The molecule has 4 rings (SSSR count). The number of nitrogens with two attached hydrogens (primary N) is 1. The van der Waals surface area contributed by atoms with Crippen LogP contribution < -0.4 is 16.5 Å². The van der Waals surface area contributed by atoms with Crippen LogP contribution in [0.1, 0.15) is 26.7 Å². The van der Waals surface area contributed by atoms with Gasteiger partial charge in [0.05, 0.1) is 10.6 Å². The number of hydrogen-bond acceptors (Lipinski definition) is 8. The van der Waals surface area contributed by atoms with Gasteiger partial charge in [0.2, 0.25) is 5.43 Å². The van der Waals surface area contributed by atoms with E-state index < -0.39 is 27.9 Å². The van der Waals surface area contributed by atoms with Crippen LogP contribution in [0.3, 0.4) is 0 Å². The van der Waals surface area contributed by atoms with E-state index in [1.807, 2.05) is 0 Å². The second kappa shape index (κ2) is 8.47. The number of hydrogen-bond donors (Lipinski definition) is 3. The molecule has 2 amide bonds. The minimum Gasteiger partial charge on any atom is -0.364 e. The highest BCUT2D eigenvalue weighted by atomic mass is 32.1. The van der Waals surface area contributed by atoms with E-state index in [1.54, 1.807) is 24.6 Å². The Bertz CT molecular complexity index is 1470. The van der Waals surface area contributed by atoms with Crippen molar-refractivity contribution in [1.82, 2.24) is 19.7 Å². The molecule has 0 aliphatic rings. The molecule has 33 heavy (non-hydrogen) atoms. The normalized spacial score (nSPS) is 10.7. The number of nitro benzene ring substituents is 1. The molecule has 0 saturated carbocycles. The molecule has 12 nitrogen and oxygen atoms in total. The number of aromatic nitrogens is 4. The molecule has 0 aliphatic carbocycles. The van der Waals surface area contributed by atoms with Crippen LogP contribution in [0.4, 0.5) is 10.8 Å². The van der Waals surface area contributed by atoms with E-state index in [9.17, 15) is 24.5 Å². The Kier molecular flexibility index (Phi) is 5.54. The van der Waals surface area contributed by atoms with E-state index in [4.69, 9.17) is 5.73 Å². The van der Waals surface area contributed by atoms with Crippen LogP contribution in [-0.4, -0.2) is 36.5 Å². The Hall–Kier alpha value is -4.65. The largest absolute Gasteiger partial charge is 0.364 e. The highest BCUT2D eigenvalue weighted by molar-refractivity contribution is 7.14. The standard InChI is InChI=1S/C20H15N7O5S/c1-10-6-16(28)17(25-26(10)14-4-2-3-5-15(14)27(31)32)19(30)24-20-23-13(9-33-20)11-7-12(18(21)29)22-8-11/h2-9,22H,1H3,(H2,21,29)(H,23,24,30). The number of anilines is 1. The first kappa shape index (κ1) is 21.6. The highest BCUT2D eigenvalue weighted by Gasteiger charge is 2.21. The number of nitrogens with zero attached hydrogens (tertiary/aromatic N) is 4. The van der Waals surface area contributed by atoms with Gasteiger partial charge in [0.1, 0.15) is 11.4 Å². The van der Waals surface area contributed by atoms with Crippen molar-refractivity contribution in [2.24, 2.45) is 5.73 Å². The minimum atomic E-state index is -0.819. The fourth-order valence-electron chi connectivity index (χ4n) is 3.05. The van der Waals surface area contributed by atoms with Crippen LogP contribution in [0.25, 0.3) is 16.9 Å². The first-order valence-electron chi connectivity index (χ1n) is 9.35. The summed E-state index contributed by atoms with van der Waals surface area (Å²) in [5.41, 5.74) is 5.62. The molecule has 0 radical (unpaired) electrons. The van der Waals surface area contributed by atoms with Gasteiger partial charge in [0.15, 0.2) is 10.8 Å². The van der Waals surface area contributed by atoms with Gasteiger partial charge in [-0.05, 0) is 19.1 Å². The summed E-state index contributed by atoms with van der Waals surface area (Å²) >= 11 is 1.10. The number of nitrogens with one attached hydrogen (secondary N) is 2. The van der Waals surface area contributed by atoms with Gasteiger partial charge in [-0.2, -0.15) is 5.10 Å². The van der Waals surface area contributed by atoms with E-state index in [0.717, 1.165) is 11.3 Å². The van der Waals surface area contributed by atoms with Crippen LogP contribution >= 0.6 is 11.3 Å². The third kappa shape index (κ3) is 4.24. The lowest BCUT2D eigenvalue weighted by molar-refractivity contribution is -0.384. The van der Waals surface area contributed by atoms with Gasteiger partial charge in [0, 0.05) is 35.0 Å². The summed E-state index contributed by atoms with van der Waals surface area (Å²) in [4.78, 5) is 54.2. The van der Waals surface area contributed by atoms with Crippen molar-refractivity contribution >= 4 is 34.0 Å². The smallest absolute Gasteiger partial charge is 0.294 e. The van der Waals surface area contributed by atoms with Gasteiger partial charge in [-0.3, -0.25) is 29.8 Å². The molecule has 0 saturated heterocycles. The molecule has 4 aromatic rings. The lowest BCUT2D eigenvalue weighted by Crippen LogP contribution is -2.27. The minimum absolute atomic E-state index is 0.114. The fraction of sp³-hybridized carbons (Fsp3) is 0.0500. The van der Waals surface area contributed by atoms with Crippen molar-refractivity contribution in [2.75, 3.05) is 5.32 Å². The maximum absolute atomic E-state index is 12.8. The van der Waals surface area contributed by atoms with Gasteiger partial charge in [-0.1, -0.05) is 12.1 Å². The Labute approximate surface area is 188 Å². The zero-order chi connectivity index (χ0) is 23.7. The molecule has 0 spiro atoms. The Morgan fingerprint density at radius 3 is 2.73 bits per heavy atom. The molecular formula is C20H15N7O5S. The van der Waals surface area contributed by atoms with Gasteiger partial charge in [0.25, 0.3) is 17.5 Å². The number of carbonyl (C=O) groups is 2. The molecular weight excluding hydrogens is 450 g/mol. The van der Waals surface area contributed by atoms with Gasteiger partial charge in [-0.15, -0.1) is 11.3 Å². The number of aryl methyl sites for hydroxylation is 1. The molecule has 166 valence electrons. The van der Waals surface area contributed by atoms with E-state index in [-0.39, 0.29) is 22.2 Å². The number of rotatable bonds is 6. The van der Waals surface area contributed by atoms with Gasteiger partial charge < -0.3 is 10.7 Å². The van der Waals surface area contributed by atoms with Crippen molar-refractivity contribution in [1.29, 1.82) is 0 Å². The molecule has 3 heterocycles. The summed E-state index contributed by atoms with van der Waals surface area (Å²) in [6.45, 7) is 1.55. The van der Waals surface area contributed by atoms with Crippen LogP contribution in [0, 0.1) is 17.0 Å². The number of primary amides is 1. The lowest BCUT2D eigenvalue weighted by Gasteiger charge is -2.11. The summed E-state index contributed by atoms with van der Waals surface area (Å²) in [6.07, 6.45) is 1.55. The number of nitro groups is 1. The van der Waals surface area contributed by atoms with Crippen molar-refractivity contribution in [2.45, 2.75) is 6.92 Å².